The molecule has 0 fully saturated rings. The molecule has 31 heavy (non-hydrogen) atoms. The highest BCUT2D eigenvalue weighted by Crippen LogP contribution is 2.14. The fraction of sp³-hybridized carbons (Fsp3) is 0.103. The summed E-state index contributed by atoms with van der Waals surface area (Å²) >= 11 is 0. The van der Waals surface area contributed by atoms with Crippen molar-refractivity contribution in [2.75, 3.05) is 6.54 Å². The summed E-state index contributed by atoms with van der Waals surface area (Å²) in [4.78, 5) is 10.1. The summed E-state index contributed by atoms with van der Waals surface area (Å²) in [6.07, 6.45) is 0. The number of nitrogens with zero attached hydrogens (tertiary/aromatic N) is 2. The monoisotopic (exact) mass is 402 g/mol. The van der Waals surface area contributed by atoms with Crippen molar-refractivity contribution in [3.63, 3.8) is 0 Å². The Hall–Kier alpha value is -3.78. The first-order valence-corrected chi connectivity index (χ1v) is 10.6. The second-order valence-corrected chi connectivity index (χ2v) is 7.48. The first kappa shape index (κ1) is 20.5. The van der Waals surface area contributed by atoms with Crippen molar-refractivity contribution in [1.29, 1.82) is 0 Å². The maximum Gasteiger partial charge on any atom is 0.0723 e. The zero-order valence-electron chi connectivity index (χ0n) is 17.7. The Balaban J connectivity index is 1.66. The minimum absolute atomic E-state index is 0.0397. The van der Waals surface area contributed by atoms with Gasteiger partial charge < -0.3 is 0 Å². The van der Waals surface area contributed by atoms with Gasteiger partial charge in [0.1, 0.15) is 0 Å². The maximum absolute atomic E-state index is 5.09. The molecule has 0 spiro atoms. The van der Waals surface area contributed by atoms with Crippen LogP contribution in [0.2, 0.25) is 0 Å². The van der Waals surface area contributed by atoms with Crippen LogP contribution in [0.3, 0.4) is 0 Å². The summed E-state index contributed by atoms with van der Waals surface area (Å²) in [5.74, 6) is 0. The molecule has 0 saturated carbocycles. The molecule has 4 aromatic carbocycles. The van der Waals surface area contributed by atoms with Gasteiger partial charge in [-0.3, -0.25) is 9.98 Å². The van der Waals surface area contributed by atoms with Crippen molar-refractivity contribution >= 4 is 11.4 Å². The van der Waals surface area contributed by atoms with Gasteiger partial charge in [0.25, 0.3) is 0 Å². The third kappa shape index (κ3) is 5.43. The van der Waals surface area contributed by atoms with E-state index in [0.29, 0.717) is 6.54 Å². The van der Waals surface area contributed by atoms with Crippen molar-refractivity contribution in [3.8, 4) is 0 Å². The Labute approximate surface area is 184 Å². The highest BCUT2D eigenvalue weighted by atomic mass is 14.9. The van der Waals surface area contributed by atoms with Crippen molar-refractivity contribution in [1.82, 2.24) is 0 Å². The van der Waals surface area contributed by atoms with Gasteiger partial charge in [-0.1, -0.05) is 121 Å². The van der Waals surface area contributed by atoms with E-state index in [2.05, 4.69) is 104 Å². The van der Waals surface area contributed by atoms with Crippen LogP contribution in [0.1, 0.15) is 29.2 Å². The van der Waals surface area contributed by atoms with E-state index in [0.717, 1.165) is 33.7 Å². The van der Waals surface area contributed by atoms with Crippen LogP contribution in [0.4, 0.5) is 0 Å². The molecule has 0 N–H and O–H groups in total. The highest BCUT2D eigenvalue weighted by molar-refractivity contribution is 6.13. The van der Waals surface area contributed by atoms with E-state index in [4.69, 9.17) is 9.98 Å². The SMILES string of the molecule is CC(CN=C(c1ccccc1)c1ccccc1)N=C(c1ccccc1)c1ccccc1. The molecule has 1 atom stereocenters. The van der Waals surface area contributed by atoms with Gasteiger partial charge in [-0.2, -0.15) is 0 Å². The molecule has 0 radical (unpaired) electrons. The van der Waals surface area contributed by atoms with E-state index in [1.165, 1.54) is 0 Å². The van der Waals surface area contributed by atoms with Crippen molar-refractivity contribution in [3.05, 3.63) is 144 Å². The third-order valence-electron chi connectivity index (χ3n) is 5.05. The van der Waals surface area contributed by atoms with Gasteiger partial charge >= 0.3 is 0 Å². The number of aliphatic imine (C=N–C) groups is 2. The summed E-state index contributed by atoms with van der Waals surface area (Å²) in [5.41, 5.74) is 6.49. The van der Waals surface area contributed by atoms with Gasteiger partial charge in [0.2, 0.25) is 0 Å². The number of hydrogen-bond acceptors (Lipinski definition) is 2. The van der Waals surface area contributed by atoms with E-state index in [9.17, 15) is 0 Å². The lowest BCUT2D eigenvalue weighted by molar-refractivity contribution is 0.757. The molecule has 152 valence electrons. The smallest absolute Gasteiger partial charge is 0.0723 e. The van der Waals surface area contributed by atoms with Gasteiger partial charge in [-0.15, -0.1) is 0 Å². The molecule has 0 aliphatic heterocycles. The minimum Gasteiger partial charge on any atom is -0.282 e. The van der Waals surface area contributed by atoms with Crippen LogP contribution in [0.15, 0.2) is 131 Å². The molecule has 4 rings (SSSR count). The zero-order valence-corrected chi connectivity index (χ0v) is 17.7. The Morgan fingerprint density at radius 2 is 0.839 bits per heavy atom. The molecular weight excluding hydrogens is 376 g/mol. The average molecular weight is 403 g/mol. The van der Waals surface area contributed by atoms with Crippen LogP contribution in [0, 0.1) is 0 Å². The van der Waals surface area contributed by atoms with E-state index in [1.807, 2.05) is 24.3 Å². The van der Waals surface area contributed by atoms with Crippen LogP contribution in [0.5, 0.6) is 0 Å². The third-order valence-corrected chi connectivity index (χ3v) is 5.05. The molecule has 2 heteroatoms. The fourth-order valence-electron chi connectivity index (χ4n) is 3.53. The van der Waals surface area contributed by atoms with Crippen LogP contribution >= 0.6 is 0 Å². The second-order valence-electron chi connectivity index (χ2n) is 7.48. The zero-order chi connectivity index (χ0) is 21.3. The van der Waals surface area contributed by atoms with E-state index < -0.39 is 0 Å². The van der Waals surface area contributed by atoms with Gasteiger partial charge in [-0.25, -0.2) is 0 Å². The van der Waals surface area contributed by atoms with Crippen LogP contribution in [-0.2, 0) is 0 Å². The number of rotatable bonds is 7. The van der Waals surface area contributed by atoms with Crippen molar-refractivity contribution in [2.24, 2.45) is 9.98 Å². The molecule has 0 aliphatic rings. The summed E-state index contributed by atoms with van der Waals surface area (Å²) < 4.78 is 0. The number of benzene rings is 4. The molecule has 0 saturated heterocycles. The van der Waals surface area contributed by atoms with Gasteiger partial charge in [0.15, 0.2) is 0 Å². The quantitative estimate of drug-likeness (QED) is 0.317. The van der Waals surface area contributed by atoms with E-state index in [1.54, 1.807) is 0 Å². The standard InChI is InChI=1S/C29H26N2/c1-23(31-29(26-18-10-4-11-19-26)27-20-12-5-13-21-27)22-30-28(24-14-6-2-7-15-24)25-16-8-3-9-17-25/h2-21,23H,22H2,1H3. The first-order chi connectivity index (χ1) is 15.3. The minimum atomic E-state index is 0.0397. The average Bonchev–Trinajstić information content (AvgIpc) is 2.85. The first-order valence-electron chi connectivity index (χ1n) is 10.6. The van der Waals surface area contributed by atoms with Crippen LogP contribution < -0.4 is 0 Å². The normalized spacial score (nSPS) is 11.4. The summed E-state index contributed by atoms with van der Waals surface area (Å²) in [7, 11) is 0. The van der Waals surface area contributed by atoms with Crippen LogP contribution in [0.25, 0.3) is 0 Å². The summed E-state index contributed by atoms with van der Waals surface area (Å²) in [6, 6.07) is 41.5. The van der Waals surface area contributed by atoms with Gasteiger partial charge in [-0.05, 0) is 6.92 Å². The largest absolute Gasteiger partial charge is 0.282 e. The Kier molecular flexibility index (Phi) is 6.81. The molecule has 2 nitrogen and oxygen atoms in total. The van der Waals surface area contributed by atoms with Gasteiger partial charge in [0.05, 0.1) is 24.0 Å². The summed E-state index contributed by atoms with van der Waals surface area (Å²) in [6.45, 7) is 2.74. The molecule has 0 heterocycles. The Morgan fingerprint density at radius 3 is 1.19 bits per heavy atom. The molecule has 0 aromatic heterocycles. The topological polar surface area (TPSA) is 24.7 Å². The Bertz CT molecular complexity index is 1050. The van der Waals surface area contributed by atoms with Gasteiger partial charge in [0, 0.05) is 22.3 Å². The lowest BCUT2D eigenvalue weighted by Crippen LogP contribution is -2.13. The fourth-order valence-corrected chi connectivity index (χ4v) is 3.53. The lowest BCUT2D eigenvalue weighted by Gasteiger charge is -2.13. The van der Waals surface area contributed by atoms with Crippen molar-refractivity contribution < 1.29 is 0 Å². The lowest BCUT2D eigenvalue weighted by atomic mass is 10.0. The molecule has 0 aliphatic carbocycles. The van der Waals surface area contributed by atoms with E-state index in [-0.39, 0.29) is 6.04 Å². The molecule has 0 bridgehead atoms. The predicted octanol–water partition coefficient (Wildman–Crippen LogP) is 6.45. The number of hydrogen-bond donors (Lipinski definition) is 0. The predicted molar refractivity (Wildman–Crippen MR) is 131 cm³/mol. The Morgan fingerprint density at radius 1 is 0.516 bits per heavy atom. The molecular formula is C29H26N2. The second kappa shape index (κ2) is 10.3. The van der Waals surface area contributed by atoms with E-state index >= 15 is 0 Å². The molecule has 1 unspecified atom stereocenters. The van der Waals surface area contributed by atoms with Crippen LogP contribution in [-0.4, -0.2) is 24.0 Å². The molecule has 0 amide bonds. The maximum atomic E-state index is 5.09. The highest BCUT2D eigenvalue weighted by Gasteiger charge is 2.10. The molecule has 4 aromatic rings. The van der Waals surface area contributed by atoms with Crippen molar-refractivity contribution in [2.45, 2.75) is 13.0 Å². The summed E-state index contributed by atoms with van der Waals surface area (Å²) in [5, 5.41) is 0.